The van der Waals surface area contributed by atoms with Gasteiger partial charge in [0.1, 0.15) is 12.4 Å². The lowest BCUT2D eigenvalue weighted by molar-refractivity contribution is 0.0762. The smallest absolute Gasteiger partial charge is 0.254 e. The Morgan fingerprint density at radius 3 is 2.86 bits per heavy atom. The molecular formula is C21H22ClN5O2. The van der Waals surface area contributed by atoms with E-state index in [1.165, 1.54) is 0 Å². The second-order valence-corrected chi connectivity index (χ2v) is 6.70. The Kier molecular flexibility index (Phi) is 6.97. The van der Waals surface area contributed by atoms with Gasteiger partial charge in [-0.3, -0.25) is 4.79 Å². The molecule has 0 fully saturated rings. The first kappa shape index (κ1) is 20.5. The summed E-state index contributed by atoms with van der Waals surface area (Å²) in [6.07, 6.45) is 1.69. The van der Waals surface area contributed by atoms with E-state index in [1.54, 1.807) is 39.9 Å². The molecule has 0 bridgehead atoms. The third-order valence-corrected chi connectivity index (χ3v) is 4.68. The molecule has 2 aromatic carbocycles. The van der Waals surface area contributed by atoms with E-state index in [1.807, 2.05) is 31.2 Å². The third-order valence-electron chi connectivity index (χ3n) is 4.31. The Labute approximate surface area is 174 Å². The molecule has 1 heterocycles. The third kappa shape index (κ3) is 5.20. The highest BCUT2D eigenvalue weighted by Gasteiger charge is 2.17. The molecule has 0 saturated carbocycles. The first-order chi connectivity index (χ1) is 14.1. The second-order valence-electron chi connectivity index (χ2n) is 6.29. The fraction of sp³-hybridized carbons (Fsp3) is 0.238. The molecule has 3 rings (SSSR count). The maximum atomic E-state index is 13.1. The number of aryl methyl sites for hydroxylation is 1. The van der Waals surface area contributed by atoms with E-state index in [9.17, 15) is 4.79 Å². The van der Waals surface area contributed by atoms with Gasteiger partial charge in [0, 0.05) is 30.2 Å². The van der Waals surface area contributed by atoms with Crippen molar-refractivity contribution in [1.82, 2.24) is 25.1 Å². The highest BCUT2D eigenvalue weighted by Crippen LogP contribution is 2.20. The number of amides is 1. The van der Waals surface area contributed by atoms with Crippen molar-refractivity contribution in [1.29, 1.82) is 0 Å². The van der Waals surface area contributed by atoms with E-state index in [0.29, 0.717) is 41.8 Å². The molecule has 0 unspecified atom stereocenters. The normalized spacial score (nSPS) is 10.6. The predicted octanol–water partition coefficient (Wildman–Crippen LogP) is 3.75. The molecule has 0 atom stereocenters. The molecule has 0 aliphatic heterocycles. The van der Waals surface area contributed by atoms with Crippen molar-refractivity contribution in [3.05, 3.63) is 83.2 Å². The average molecular weight is 412 g/mol. The van der Waals surface area contributed by atoms with Crippen molar-refractivity contribution in [2.75, 3.05) is 6.54 Å². The van der Waals surface area contributed by atoms with Crippen LogP contribution in [0.1, 0.15) is 28.7 Å². The fourth-order valence-electron chi connectivity index (χ4n) is 2.83. The minimum Gasteiger partial charge on any atom is -0.486 e. The van der Waals surface area contributed by atoms with Crippen LogP contribution in [-0.4, -0.2) is 37.6 Å². The zero-order valence-corrected chi connectivity index (χ0v) is 16.9. The van der Waals surface area contributed by atoms with Crippen LogP contribution in [0, 0.1) is 0 Å². The van der Waals surface area contributed by atoms with Crippen LogP contribution in [0.3, 0.4) is 0 Å². The van der Waals surface area contributed by atoms with Gasteiger partial charge in [0.05, 0.1) is 0 Å². The molecular weight excluding hydrogens is 390 g/mol. The maximum Gasteiger partial charge on any atom is 0.254 e. The lowest BCUT2D eigenvalue weighted by atomic mass is 10.1. The molecule has 1 aromatic heterocycles. The van der Waals surface area contributed by atoms with Crippen molar-refractivity contribution in [2.45, 2.75) is 26.6 Å². The lowest BCUT2D eigenvalue weighted by Crippen LogP contribution is -2.30. The van der Waals surface area contributed by atoms with Crippen LogP contribution in [0.4, 0.5) is 0 Å². The lowest BCUT2D eigenvalue weighted by Gasteiger charge is -2.22. The topological polar surface area (TPSA) is 73.1 Å². The standard InChI is InChI=1S/C21H22ClN5O2/c1-3-12-26(14-17-8-5-6-11-19(17)22)21(28)16-9-7-10-18(13-16)29-15-20-23-24-25-27(20)4-2/h3,5-11,13H,1,4,12,14-15H2,2H3. The van der Waals surface area contributed by atoms with Gasteiger partial charge in [0.2, 0.25) is 0 Å². The van der Waals surface area contributed by atoms with Gasteiger partial charge in [-0.05, 0) is 47.2 Å². The number of nitrogens with zero attached hydrogens (tertiary/aromatic N) is 5. The average Bonchev–Trinajstić information content (AvgIpc) is 3.21. The number of tetrazole rings is 1. The van der Waals surface area contributed by atoms with Crippen LogP contribution >= 0.6 is 11.6 Å². The molecule has 0 aliphatic carbocycles. The van der Waals surface area contributed by atoms with Gasteiger partial charge < -0.3 is 9.64 Å². The summed E-state index contributed by atoms with van der Waals surface area (Å²) in [5.41, 5.74) is 1.40. The van der Waals surface area contributed by atoms with Gasteiger partial charge in [-0.15, -0.1) is 11.7 Å². The number of aromatic nitrogens is 4. The van der Waals surface area contributed by atoms with E-state index < -0.39 is 0 Å². The number of halogens is 1. The number of benzene rings is 2. The van der Waals surface area contributed by atoms with Crippen LogP contribution in [0.5, 0.6) is 5.75 Å². The van der Waals surface area contributed by atoms with Gasteiger partial charge >= 0.3 is 0 Å². The van der Waals surface area contributed by atoms with Gasteiger partial charge in [0.25, 0.3) is 5.91 Å². The van der Waals surface area contributed by atoms with Crippen molar-refractivity contribution >= 4 is 17.5 Å². The summed E-state index contributed by atoms with van der Waals surface area (Å²) < 4.78 is 7.44. The van der Waals surface area contributed by atoms with Crippen LogP contribution in [-0.2, 0) is 19.7 Å². The summed E-state index contributed by atoms with van der Waals surface area (Å²) in [5, 5.41) is 12.1. The van der Waals surface area contributed by atoms with Crippen LogP contribution in [0.2, 0.25) is 5.02 Å². The summed E-state index contributed by atoms with van der Waals surface area (Å²) in [6, 6.07) is 14.5. The number of carbonyl (C=O) groups is 1. The Bertz CT molecular complexity index is 988. The summed E-state index contributed by atoms with van der Waals surface area (Å²) >= 11 is 6.26. The molecule has 7 nitrogen and oxygen atoms in total. The molecule has 8 heteroatoms. The van der Waals surface area contributed by atoms with Gasteiger partial charge in [-0.25, -0.2) is 4.68 Å². The molecule has 0 saturated heterocycles. The highest BCUT2D eigenvalue weighted by atomic mass is 35.5. The summed E-state index contributed by atoms with van der Waals surface area (Å²) in [7, 11) is 0. The number of hydrogen-bond donors (Lipinski definition) is 0. The van der Waals surface area contributed by atoms with Crippen LogP contribution in [0.25, 0.3) is 0 Å². The van der Waals surface area contributed by atoms with E-state index in [0.717, 1.165) is 5.56 Å². The first-order valence-electron chi connectivity index (χ1n) is 9.23. The second kappa shape index (κ2) is 9.84. The Hall–Kier alpha value is -3.19. The minimum atomic E-state index is -0.131. The Morgan fingerprint density at radius 2 is 2.10 bits per heavy atom. The van der Waals surface area contributed by atoms with E-state index >= 15 is 0 Å². The fourth-order valence-corrected chi connectivity index (χ4v) is 3.02. The largest absolute Gasteiger partial charge is 0.486 e. The molecule has 0 N–H and O–H groups in total. The first-order valence-corrected chi connectivity index (χ1v) is 9.61. The van der Waals surface area contributed by atoms with E-state index in [-0.39, 0.29) is 12.5 Å². The van der Waals surface area contributed by atoms with E-state index in [2.05, 4.69) is 22.1 Å². The quantitative estimate of drug-likeness (QED) is 0.501. The summed E-state index contributed by atoms with van der Waals surface area (Å²) in [4.78, 5) is 14.8. The van der Waals surface area contributed by atoms with Crippen molar-refractivity contribution in [2.24, 2.45) is 0 Å². The summed E-state index contributed by atoms with van der Waals surface area (Å²) in [5.74, 6) is 1.06. The molecule has 0 spiro atoms. The van der Waals surface area contributed by atoms with Crippen molar-refractivity contribution < 1.29 is 9.53 Å². The van der Waals surface area contributed by atoms with Crippen LogP contribution < -0.4 is 4.74 Å². The van der Waals surface area contributed by atoms with Gasteiger partial charge in [-0.1, -0.05) is 41.9 Å². The molecule has 0 aliphatic rings. The monoisotopic (exact) mass is 411 g/mol. The van der Waals surface area contributed by atoms with Crippen LogP contribution in [0.15, 0.2) is 61.2 Å². The molecule has 0 radical (unpaired) electrons. The Morgan fingerprint density at radius 1 is 1.28 bits per heavy atom. The zero-order chi connectivity index (χ0) is 20.6. The Balaban J connectivity index is 1.74. The molecule has 1 amide bonds. The van der Waals surface area contributed by atoms with Crippen molar-refractivity contribution in [3.8, 4) is 5.75 Å². The number of carbonyl (C=O) groups excluding carboxylic acids is 1. The maximum absolute atomic E-state index is 13.1. The molecule has 3 aromatic rings. The van der Waals surface area contributed by atoms with Crippen molar-refractivity contribution in [3.63, 3.8) is 0 Å². The predicted molar refractivity (Wildman–Crippen MR) is 111 cm³/mol. The molecule has 150 valence electrons. The van der Waals surface area contributed by atoms with E-state index in [4.69, 9.17) is 16.3 Å². The SMILES string of the molecule is C=CCN(Cc1ccccc1Cl)C(=O)c1cccc(OCc2nnnn2CC)c1. The summed E-state index contributed by atoms with van der Waals surface area (Å²) in [6.45, 7) is 7.38. The zero-order valence-electron chi connectivity index (χ0n) is 16.2. The minimum absolute atomic E-state index is 0.131. The van der Waals surface area contributed by atoms with Gasteiger partial charge in [-0.2, -0.15) is 0 Å². The number of rotatable bonds is 9. The van der Waals surface area contributed by atoms with Gasteiger partial charge in [0.15, 0.2) is 5.82 Å². The highest BCUT2D eigenvalue weighted by molar-refractivity contribution is 6.31. The number of ether oxygens (including phenoxy) is 1. The number of hydrogen-bond acceptors (Lipinski definition) is 5. The molecule has 29 heavy (non-hydrogen) atoms.